The number of aryl methyl sites for hydroxylation is 1. The molecule has 2 aromatic carbocycles. The number of hydrogen-bond acceptors (Lipinski definition) is 5. The third-order valence-electron chi connectivity index (χ3n) is 4.74. The fourth-order valence-corrected chi connectivity index (χ4v) is 3.97. The van der Waals surface area contributed by atoms with Crippen molar-refractivity contribution in [3.63, 3.8) is 0 Å². The van der Waals surface area contributed by atoms with Crippen LogP contribution in [0.15, 0.2) is 48.5 Å². The van der Waals surface area contributed by atoms with Crippen molar-refractivity contribution in [1.29, 1.82) is 0 Å². The Kier molecular flexibility index (Phi) is 6.76. The topological polar surface area (TPSA) is 84.9 Å². The third-order valence-corrected chi connectivity index (χ3v) is 6.04. The Morgan fingerprint density at radius 2 is 1.52 bits per heavy atom. The first-order chi connectivity index (χ1) is 13.8. The summed E-state index contributed by atoms with van der Waals surface area (Å²) in [6.07, 6.45) is 2.41. The molecule has 0 unspecified atom stereocenters. The first kappa shape index (κ1) is 21.1. The number of sulfonamides is 1. The normalized spacial score (nSPS) is 15.7. The molecule has 1 heterocycles. The lowest BCUT2D eigenvalue weighted by Crippen LogP contribution is -2.47. The van der Waals surface area contributed by atoms with Crippen molar-refractivity contribution in [3.8, 4) is 17.2 Å². The van der Waals surface area contributed by atoms with Crippen LogP contribution in [0.1, 0.15) is 18.4 Å². The summed E-state index contributed by atoms with van der Waals surface area (Å²) in [5.74, 6) is 1.79. The van der Waals surface area contributed by atoms with Gasteiger partial charge in [-0.3, -0.25) is 4.79 Å². The second-order valence-electron chi connectivity index (χ2n) is 7.18. The van der Waals surface area contributed by atoms with Crippen LogP contribution in [0.5, 0.6) is 17.2 Å². The number of nitrogens with zero attached hydrogens (tertiary/aromatic N) is 1. The molecule has 0 bridgehead atoms. The van der Waals surface area contributed by atoms with Gasteiger partial charge in [0.1, 0.15) is 17.2 Å². The van der Waals surface area contributed by atoms with E-state index >= 15 is 0 Å². The molecule has 0 radical (unpaired) electrons. The zero-order chi connectivity index (χ0) is 20.9. The predicted octanol–water partition coefficient (Wildman–Crippen LogP) is 2.71. The van der Waals surface area contributed by atoms with E-state index in [1.54, 1.807) is 24.3 Å². The van der Waals surface area contributed by atoms with Crippen LogP contribution < -0.4 is 14.8 Å². The number of hydrogen-bond donors (Lipinski definition) is 1. The lowest BCUT2D eigenvalue weighted by molar-refractivity contribution is -0.124. The quantitative estimate of drug-likeness (QED) is 0.747. The fourth-order valence-electron chi connectivity index (χ4n) is 3.10. The molecular formula is C21H26N2O5S. The van der Waals surface area contributed by atoms with Gasteiger partial charge in [0.2, 0.25) is 10.0 Å². The van der Waals surface area contributed by atoms with Gasteiger partial charge in [0.05, 0.1) is 6.26 Å². The smallest absolute Gasteiger partial charge is 0.258 e. The van der Waals surface area contributed by atoms with Crippen molar-refractivity contribution in [2.45, 2.75) is 25.8 Å². The zero-order valence-corrected chi connectivity index (χ0v) is 17.4. The Morgan fingerprint density at radius 1 is 1.00 bits per heavy atom. The van der Waals surface area contributed by atoms with Gasteiger partial charge in [-0.2, -0.15) is 0 Å². The molecule has 156 valence electrons. The molecule has 29 heavy (non-hydrogen) atoms. The van der Waals surface area contributed by atoms with Crippen LogP contribution >= 0.6 is 0 Å². The summed E-state index contributed by atoms with van der Waals surface area (Å²) in [5, 5.41) is 2.90. The number of ether oxygens (including phenoxy) is 2. The van der Waals surface area contributed by atoms with Crippen molar-refractivity contribution < 1.29 is 22.7 Å². The van der Waals surface area contributed by atoms with Crippen LogP contribution in [0.2, 0.25) is 0 Å². The average molecular weight is 419 g/mol. The highest BCUT2D eigenvalue weighted by molar-refractivity contribution is 7.88. The first-order valence-electron chi connectivity index (χ1n) is 9.51. The summed E-state index contributed by atoms with van der Waals surface area (Å²) in [5.41, 5.74) is 1.17. The summed E-state index contributed by atoms with van der Waals surface area (Å²) >= 11 is 0. The summed E-state index contributed by atoms with van der Waals surface area (Å²) in [6.45, 7) is 2.77. The van der Waals surface area contributed by atoms with Gasteiger partial charge in [0.25, 0.3) is 5.91 Å². The van der Waals surface area contributed by atoms with Crippen LogP contribution in [0, 0.1) is 6.92 Å². The summed E-state index contributed by atoms with van der Waals surface area (Å²) in [4.78, 5) is 12.1. The van der Waals surface area contributed by atoms with Gasteiger partial charge in [0, 0.05) is 19.1 Å². The Bertz CT molecular complexity index is 919. The zero-order valence-electron chi connectivity index (χ0n) is 16.6. The van der Waals surface area contributed by atoms with Crippen molar-refractivity contribution >= 4 is 15.9 Å². The maximum absolute atomic E-state index is 12.1. The van der Waals surface area contributed by atoms with E-state index in [1.165, 1.54) is 16.1 Å². The van der Waals surface area contributed by atoms with E-state index in [9.17, 15) is 13.2 Å². The molecule has 3 rings (SSSR count). The molecule has 7 nitrogen and oxygen atoms in total. The lowest BCUT2D eigenvalue weighted by Gasteiger charge is -2.30. The minimum absolute atomic E-state index is 0.0330. The summed E-state index contributed by atoms with van der Waals surface area (Å²) in [6, 6.07) is 14.8. The highest BCUT2D eigenvalue weighted by Crippen LogP contribution is 2.24. The molecule has 1 fully saturated rings. The van der Waals surface area contributed by atoms with Crippen LogP contribution in [0.25, 0.3) is 0 Å². The van der Waals surface area contributed by atoms with E-state index < -0.39 is 10.0 Å². The highest BCUT2D eigenvalue weighted by atomic mass is 32.2. The molecule has 0 spiro atoms. The molecule has 0 atom stereocenters. The SMILES string of the molecule is Cc1ccc(Oc2ccc(OCC(=O)NC3CCN(S(C)(=O)=O)CC3)cc2)cc1. The standard InChI is InChI=1S/C21H26N2O5S/c1-16-3-5-19(6-4-16)28-20-9-7-18(8-10-20)27-15-21(24)22-17-11-13-23(14-12-17)29(2,25)26/h3-10,17H,11-15H2,1-2H3,(H,22,24). The summed E-state index contributed by atoms with van der Waals surface area (Å²) < 4.78 is 35.8. The van der Waals surface area contributed by atoms with Gasteiger partial charge in [0.15, 0.2) is 6.61 Å². The molecule has 0 saturated carbocycles. The average Bonchev–Trinajstić information content (AvgIpc) is 2.69. The Morgan fingerprint density at radius 3 is 2.07 bits per heavy atom. The molecule has 2 aromatic rings. The molecule has 1 saturated heterocycles. The molecule has 1 N–H and O–H groups in total. The minimum atomic E-state index is -3.16. The van der Waals surface area contributed by atoms with Gasteiger partial charge in [-0.15, -0.1) is 0 Å². The van der Waals surface area contributed by atoms with Crippen LogP contribution in [0.3, 0.4) is 0 Å². The van der Waals surface area contributed by atoms with Crippen molar-refractivity contribution in [3.05, 3.63) is 54.1 Å². The van der Waals surface area contributed by atoms with Gasteiger partial charge < -0.3 is 14.8 Å². The van der Waals surface area contributed by atoms with Gasteiger partial charge in [-0.25, -0.2) is 12.7 Å². The third kappa shape index (κ3) is 6.47. The highest BCUT2D eigenvalue weighted by Gasteiger charge is 2.25. The number of carbonyl (C=O) groups excluding carboxylic acids is 1. The first-order valence-corrected chi connectivity index (χ1v) is 11.4. The number of amides is 1. The van der Waals surface area contributed by atoms with Crippen LogP contribution in [-0.2, 0) is 14.8 Å². The van der Waals surface area contributed by atoms with E-state index in [1.807, 2.05) is 31.2 Å². The van der Waals surface area contributed by atoms with Gasteiger partial charge in [-0.05, 0) is 56.2 Å². The molecule has 0 aromatic heterocycles. The monoisotopic (exact) mass is 418 g/mol. The van der Waals surface area contributed by atoms with E-state index in [-0.39, 0.29) is 18.6 Å². The molecule has 1 amide bonds. The molecular weight excluding hydrogens is 392 g/mol. The number of nitrogens with one attached hydrogen (secondary N) is 1. The van der Waals surface area contributed by atoms with E-state index in [0.29, 0.717) is 37.4 Å². The van der Waals surface area contributed by atoms with E-state index in [2.05, 4.69) is 5.32 Å². The van der Waals surface area contributed by atoms with Crippen molar-refractivity contribution in [2.75, 3.05) is 26.0 Å². The number of benzene rings is 2. The lowest BCUT2D eigenvalue weighted by atomic mass is 10.1. The van der Waals surface area contributed by atoms with E-state index in [0.717, 1.165) is 5.75 Å². The molecule has 0 aliphatic carbocycles. The second kappa shape index (κ2) is 9.28. The maximum Gasteiger partial charge on any atom is 0.258 e. The van der Waals surface area contributed by atoms with Gasteiger partial charge in [-0.1, -0.05) is 17.7 Å². The Labute approximate surface area is 171 Å². The van der Waals surface area contributed by atoms with Crippen LogP contribution in [-0.4, -0.2) is 50.6 Å². The van der Waals surface area contributed by atoms with Gasteiger partial charge >= 0.3 is 0 Å². The van der Waals surface area contributed by atoms with E-state index in [4.69, 9.17) is 9.47 Å². The Hall–Kier alpha value is -2.58. The molecule has 1 aliphatic heterocycles. The fraction of sp³-hybridized carbons (Fsp3) is 0.381. The van der Waals surface area contributed by atoms with Crippen molar-refractivity contribution in [2.24, 2.45) is 0 Å². The van der Waals surface area contributed by atoms with Crippen molar-refractivity contribution in [1.82, 2.24) is 9.62 Å². The summed E-state index contributed by atoms with van der Waals surface area (Å²) in [7, 11) is -3.16. The largest absolute Gasteiger partial charge is 0.484 e. The predicted molar refractivity (Wildman–Crippen MR) is 111 cm³/mol. The van der Waals surface area contributed by atoms with Crippen LogP contribution in [0.4, 0.5) is 0 Å². The molecule has 8 heteroatoms. The number of rotatable bonds is 7. The molecule has 1 aliphatic rings. The number of carbonyl (C=O) groups is 1. The number of piperidine rings is 1. The Balaban J connectivity index is 1.42. The minimum Gasteiger partial charge on any atom is -0.484 e. The second-order valence-corrected chi connectivity index (χ2v) is 9.16. The maximum atomic E-state index is 12.1.